The zero-order valence-corrected chi connectivity index (χ0v) is 13.2. The van der Waals surface area contributed by atoms with Gasteiger partial charge in [0.25, 0.3) is 0 Å². The predicted molar refractivity (Wildman–Crippen MR) is 83.8 cm³/mol. The van der Waals surface area contributed by atoms with Crippen LogP contribution >= 0.6 is 0 Å². The van der Waals surface area contributed by atoms with E-state index in [1.165, 1.54) is 7.11 Å². The second kappa shape index (κ2) is 6.24. The number of benzene rings is 1. The van der Waals surface area contributed by atoms with Crippen LogP contribution in [0.1, 0.15) is 17.8 Å². The Labute approximate surface area is 134 Å². The van der Waals surface area contributed by atoms with Gasteiger partial charge in [-0.2, -0.15) is 0 Å². The average molecular weight is 313 g/mol. The largest absolute Gasteiger partial charge is 0.469 e. The lowest BCUT2D eigenvalue weighted by Gasteiger charge is -2.19. The molecule has 2 heterocycles. The number of rotatable bonds is 4. The Morgan fingerprint density at radius 2 is 2.17 bits per heavy atom. The van der Waals surface area contributed by atoms with Gasteiger partial charge < -0.3 is 14.2 Å². The van der Waals surface area contributed by atoms with Crippen molar-refractivity contribution >= 4 is 11.9 Å². The van der Waals surface area contributed by atoms with E-state index in [1.807, 2.05) is 42.0 Å². The third kappa shape index (κ3) is 2.97. The quantitative estimate of drug-likeness (QED) is 0.806. The van der Waals surface area contributed by atoms with Crippen LogP contribution in [-0.4, -0.2) is 40.0 Å². The number of ether oxygens (including phenoxy) is 1. The van der Waals surface area contributed by atoms with Gasteiger partial charge in [0.05, 0.1) is 18.7 Å². The van der Waals surface area contributed by atoms with Crippen molar-refractivity contribution in [1.29, 1.82) is 0 Å². The highest BCUT2D eigenvalue weighted by Crippen LogP contribution is 2.24. The molecule has 1 aromatic carbocycles. The Morgan fingerprint density at radius 3 is 2.87 bits per heavy atom. The number of aryl methyl sites for hydroxylation is 1. The summed E-state index contributed by atoms with van der Waals surface area (Å²) in [7, 11) is 1.35. The second-order valence-corrected chi connectivity index (χ2v) is 5.67. The van der Waals surface area contributed by atoms with E-state index in [0.29, 0.717) is 13.1 Å². The van der Waals surface area contributed by atoms with E-state index in [9.17, 15) is 9.59 Å². The van der Waals surface area contributed by atoms with Gasteiger partial charge in [-0.15, -0.1) is 0 Å². The van der Waals surface area contributed by atoms with Gasteiger partial charge in [0.1, 0.15) is 5.82 Å². The van der Waals surface area contributed by atoms with Gasteiger partial charge in [-0.3, -0.25) is 9.59 Å². The van der Waals surface area contributed by atoms with E-state index >= 15 is 0 Å². The van der Waals surface area contributed by atoms with Crippen LogP contribution in [-0.2, 0) is 20.9 Å². The van der Waals surface area contributed by atoms with Gasteiger partial charge in [0.15, 0.2) is 0 Å². The first-order valence-corrected chi connectivity index (χ1v) is 7.54. The van der Waals surface area contributed by atoms with Gasteiger partial charge in [0, 0.05) is 31.9 Å². The monoisotopic (exact) mass is 313 g/mol. The highest BCUT2D eigenvalue weighted by molar-refractivity contribution is 5.86. The molecule has 3 rings (SSSR count). The Morgan fingerprint density at radius 1 is 1.39 bits per heavy atom. The van der Waals surface area contributed by atoms with Gasteiger partial charge in [-0.05, 0) is 18.6 Å². The first-order chi connectivity index (χ1) is 11.1. The number of para-hydroxylation sites is 1. The number of hydrogen-bond donors (Lipinski definition) is 0. The molecule has 0 aliphatic carbocycles. The molecular weight excluding hydrogens is 294 g/mol. The predicted octanol–water partition coefficient (Wildman–Crippen LogP) is 1.70. The first-order valence-electron chi connectivity index (χ1n) is 7.54. The number of amides is 1. The van der Waals surface area contributed by atoms with Gasteiger partial charge in [0.2, 0.25) is 5.91 Å². The highest BCUT2D eigenvalue weighted by Gasteiger charge is 2.35. The van der Waals surface area contributed by atoms with Crippen LogP contribution in [0.2, 0.25) is 0 Å². The maximum absolute atomic E-state index is 12.2. The van der Waals surface area contributed by atoms with E-state index in [2.05, 4.69) is 4.98 Å². The molecule has 1 saturated heterocycles. The van der Waals surface area contributed by atoms with Crippen LogP contribution < -0.4 is 0 Å². The van der Waals surface area contributed by atoms with E-state index in [1.54, 1.807) is 11.1 Å². The summed E-state index contributed by atoms with van der Waals surface area (Å²) < 4.78 is 6.74. The van der Waals surface area contributed by atoms with Crippen molar-refractivity contribution in [3.63, 3.8) is 0 Å². The van der Waals surface area contributed by atoms with Crippen LogP contribution in [0.3, 0.4) is 0 Å². The van der Waals surface area contributed by atoms with E-state index in [0.717, 1.165) is 17.1 Å². The lowest BCUT2D eigenvalue weighted by atomic mass is 10.1. The summed E-state index contributed by atoms with van der Waals surface area (Å²) in [6.45, 7) is 2.81. The summed E-state index contributed by atoms with van der Waals surface area (Å²) in [6, 6.07) is 7.90. The zero-order chi connectivity index (χ0) is 16.4. The molecule has 1 aromatic heterocycles. The fourth-order valence-electron chi connectivity index (χ4n) is 2.97. The zero-order valence-electron chi connectivity index (χ0n) is 13.2. The Balaban J connectivity index is 1.83. The molecule has 120 valence electrons. The fraction of sp³-hybridized carbons (Fsp3) is 0.353. The summed E-state index contributed by atoms with van der Waals surface area (Å²) >= 11 is 0. The summed E-state index contributed by atoms with van der Waals surface area (Å²) in [5.74, 6) is 0.185. The molecule has 1 aliphatic rings. The summed E-state index contributed by atoms with van der Waals surface area (Å²) in [5, 5.41) is 0. The van der Waals surface area contributed by atoms with Gasteiger partial charge >= 0.3 is 5.97 Å². The molecule has 0 N–H and O–H groups in total. The molecule has 0 saturated carbocycles. The van der Waals surface area contributed by atoms with Crippen molar-refractivity contribution in [3.05, 3.63) is 48.0 Å². The number of nitrogens with zero attached hydrogens (tertiary/aromatic N) is 3. The Hall–Kier alpha value is -2.63. The average Bonchev–Trinajstić information content (AvgIpc) is 3.14. The molecule has 1 unspecified atom stereocenters. The first kappa shape index (κ1) is 15.3. The van der Waals surface area contributed by atoms with Crippen LogP contribution in [0.5, 0.6) is 0 Å². The number of carbonyl (C=O) groups is 2. The van der Waals surface area contributed by atoms with Crippen LogP contribution in [0.4, 0.5) is 0 Å². The lowest BCUT2D eigenvalue weighted by molar-refractivity contribution is -0.145. The van der Waals surface area contributed by atoms with Crippen molar-refractivity contribution in [2.45, 2.75) is 19.9 Å². The number of carbonyl (C=O) groups excluding carboxylic acids is 2. The Bertz CT molecular complexity index is 738. The summed E-state index contributed by atoms with van der Waals surface area (Å²) in [6.07, 6.45) is 3.87. The molecule has 0 radical (unpaired) electrons. The van der Waals surface area contributed by atoms with Crippen molar-refractivity contribution in [2.75, 3.05) is 13.7 Å². The SMILES string of the molecule is COC(=O)C1CC(=O)N(Cc2ccccc2-n2ccnc2C)C1. The fourth-order valence-corrected chi connectivity index (χ4v) is 2.97. The van der Waals surface area contributed by atoms with Crippen molar-refractivity contribution in [2.24, 2.45) is 5.92 Å². The molecular formula is C17H19N3O3. The van der Waals surface area contributed by atoms with Crippen molar-refractivity contribution < 1.29 is 14.3 Å². The molecule has 0 spiro atoms. The smallest absolute Gasteiger partial charge is 0.310 e. The molecule has 6 heteroatoms. The van der Waals surface area contributed by atoms with Gasteiger partial charge in [-0.1, -0.05) is 18.2 Å². The van der Waals surface area contributed by atoms with Crippen LogP contribution in [0, 0.1) is 12.8 Å². The Kier molecular flexibility index (Phi) is 4.14. The van der Waals surface area contributed by atoms with Crippen LogP contribution in [0.25, 0.3) is 5.69 Å². The second-order valence-electron chi connectivity index (χ2n) is 5.67. The topological polar surface area (TPSA) is 64.4 Å². The number of imidazole rings is 1. The molecule has 23 heavy (non-hydrogen) atoms. The number of esters is 1. The van der Waals surface area contributed by atoms with Crippen LogP contribution in [0.15, 0.2) is 36.7 Å². The number of hydrogen-bond acceptors (Lipinski definition) is 4. The summed E-state index contributed by atoms with van der Waals surface area (Å²) in [5.41, 5.74) is 2.02. The number of aromatic nitrogens is 2. The molecule has 1 amide bonds. The molecule has 0 bridgehead atoms. The third-order valence-electron chi connectivity index (χ3n) is 4.19. The normalized spacial score (nSPS) is 17.6. The molecule has 2 aromatic rings. The van der Waals surface area contributed by atoms with Crippen molar-refractivity contribution in [1.82, 2.24) is 14.5 Å². The molecule has 6 nitrogen and oxygen atoms in total. The summed E-state index contributed by atoms with van der Waals surface area (Å²) in [4.78, 5) is 29.8. The van der Waals surface area contributed by atoms with E-state index < -0.39 is 0 Å². The molecule has 1 atom stereocenters. The number of likely N-dealkylation sites (tertiary alicyclic amines) is 1. The minimum absolute atomic E-state index is 0.0162. The lowest BCUT2D eigenvalue weighted by Crippen LogP contribution is -2.26. The standard InChI is InChI=1S/C17H19N3O3/c1-12-18-7-8-20(12)15-6-4-3-5-13(15)10-19-11-14(9-16(19)21)17(22)23-2/h3-8,14H,9-11H2,1-2H3. The molecule has 1 aliphatic heterocycles. The van der Waals surface area contributed by atoms with E-state index in [-0.39, 0.29) is 24.2 Å². The maximum Gasteiger partial charge on any atom is 0.310 e. The highest BCUT2D eigenvalue weighted by atomic mass is 16.5. The minimum atomic E-state index is -0.366. The maximum atomic E-state index is 12.2. The van der Waals surface area contributed by atoms with E-state index in [4.69, 9.17) is 4.74 Å². The minimum Gasteiger partial charge on any atom is -0.469 e. The third-order valence-corrected chi connectivity index (χ3v) is 4.19. The molecule has 1 fully saturated rings. The number of methoxy groups -OCH3 is 1. The van der Waals surface area contributed by atoms with Crippen molar-refractivity contribution in [3.8, 4) is 5.69 Å². The van der Waals surface area contributed by atoms with Gasteiger partial charge in [-0.25, -0.2) is 4.98 Å².